The van der Waals surface area contributed by atoms with Gasteiger partial charge in [-0.15, -0.1) is 0 Å². The number of carbonyl (C=O) groups is 2. The summed E-state index contributed by atoms with van der Waals surface area (Å²) in [6, 6.07) is 19.5. The van der Waals surface area contributed by atoms with E-state index in [4.69, 9.17) is 43.4 Å². The Morgan fingerprint density at radius 3 is 1.44 bits per heavy atom. The van der Waals surface area contributed by atoms with Gasteiger partial charge in [0.25, 0.3) is 0 Å². The number of halogens is 2. The van der Waals surface area contributed by atoms with Crippen LogP contribution in [0.15, 0.2) is 60.7 Å². The lowest BCUT2D eigenvalue weighted by Gasteiger charge is -2.29. The molecule has 6 rings (SSSR count). The highest BCUT2D eigenvalue weighted by Gasteiger charge is 2.24. The minimum atomic E-state index is -1.02. The Balaban J connectivity index is 1.21. The molecular weight excluding hydrogens is 655 g/mol. The highest BCUT2D eigenvalue weighted by atomic mass is 35.5. The zero-order valence-electron chi connectivity index (χ0n) is 26.1. The Morgan fingerprint density at radius 1 is 0.646 bits per heavy atom. The van der Waals surface area contributed by atoms with Crippen LogP contribution >= 0.6 is 23.2 Å². The van der Waals surface area contributed by atoms with Gasteiger partial charge in [-0.05, 0) is 23.3 Å². The van der Waals surface area contributed by atoms with Crippen molar-refractivity contribution in [3.63, 3.8) is 0 Å². The fourth-order valence-electron chi connectivity index (χ4n) is 6.56. The van der Waals surface area contributed by atoms with Crippen LogP contribution in [-0.2, 0) is 35.5 Å². The summed E-state index contributed by atoms with van der Waals surface area (Å²) in [6.07, 6.45) is -1.06. The van der Waals surface area contributed by atoms with Gasteiger partial charge in [0.15, 0.2) is 0 Å². The average Bonchev–Trinajstić information content (AvgIpc) is 3.04. The maximum atomic E-state index is 10.9. The summed E-state index contributed by atoms with van der Waals surface area (Å²) in [5.41, 5.74) is 8.58. The smallest absolute Gasteiger partial charge is 0.306 e. The van der Waals surface area contributed by atoms with Gasteiger partial charge in [0, 0.05) is 85.8 Å². The lowest BCUT2D eigenvalue weighted by Crippen LogP contribution is -2.37. The second-order valence-electron chi connectivity index (χ2n) is 12.4. The van der Waals surface area contributed by atoms with E-state index in [9.17, 15) is 19.8 Å². The van der Waals surface area contributed by atoms with E-state index >= 15 is 0 Å². The Labute approximate surface area is 288 Å². The first-order valence-corrected chi connectivity index (χ1v) is 16.6. The molecule has 0 saturated heterocycles. The highest BCUT2D eigenvalue weighted by Crippen LogP contribution is 2.42. The molecule has 250 valence electrons. The maximum absolute atomic E-state index is 10.9. The zero-order valence-corrected chi connectivity index (χ0v) is 27.7. The molecule has 4 N–H and O–H groups in total. The number of aliphatic hydroxyl groups is 2. The molecule has 0 spiro atoms. The van der Waals surface area contributed by atoms with Crippen molar-refractivity contribution in [1.29, 1.82) is 0 Å². The number of carboxylic acid groups (broad SMARTS) is 2. The summed E-state index contributed by atoms with van der Waals surface area (Å²) < 4.78 is 0. The third kappa shape index (κ3) is 7.70. The van der Waals surface area contributed by atoms with Crippen LogP contribution < -0.4 is 0 Å². The average molecular weight is 692 g/mol. The largest absolute Gasteiger partial charge is 0.481 e. The summed E-state index contributed by atoms with van der Waals surface area (Å²) >= 11 is 14.1. The molecule has 4 heterocycles. The molecular formula is C36H36Cl2N4O6. The number of fused-ring (bicyclic) bond motifs is 2. The number of hydrogen-bond donors (Lipinski definition) is 4. The molecule has 2 aromatic carbocycles. The summed E-state index contributed by atoms with van der Waals surface area (Å²) in [5, 5.41) is 39.1. The van der Waals surface area contributed by atoms with Crippen molar-refractivity contribution >= 4 is 35.1 Å². The molecule has 0 aliphatic carbocycles. The summed E-state index contributed by atoms with van der Waals surface area (Å²) in [7, 11) is 0. The van der Waals surface area contributed by atoms with Gasteiger partial charge >= 0.3 is 11.9 Å². The Hall–Kier alpha value is -3.90. The quantitative estimate of drug-likeness (QED) is 0.166. The molecule has 0 saturated carbocycles. The molecule has 12 heteroatoms. The number of rotatable bonds is 11. The molecule has 0 bridgehead atoms. The highest BCUT2D eigenvalue weighted by molar-refractivity contribution is 6.39. The molecule has 0 radical (unpaired) electrons. The summed E-state index contributed by atoms with van der Waals surface area (Å²) in [5.74, 6) is -2.03. The van der Waals surface area contributed by atoms with Crippen molar-refractivity contribution in [1.82, 2.24) is 19.8 Å². The molecule has 4 aromatic rings. The first kappa shape index (κ1) is 34.0. The second kappa shape index (κ2) is 14.7. The third-order valence-corrected chi connectivity index (χ3v) is 9.67. The van der Waals surface area contributed by atoms with E-state index in [0.29, 0.717) is 62.2 Å². The Kier molecular flexibility index (Phi) is 10.4. The number of aromatic nitrogens is 2. The van der Waals surface area contributed by atoms with Crippen molar-refractivity contribution in [2.24, 2.45) is 0 Å². The monoisotopic (exact) mass is 690 g/mol. The molecule has 0 amide bonds. The topological polar surface area (TPSA) is 147 Å². The van der Waals surface area contributed by atoms with Gasteiger partial charge in [-0.2, -0.15) is 0 Å². The molecule has 2 aromatic heterocycles. The van der Waals surface area contributed by atoms with Crippen LogP contribution in [0.1, 0.15) is 35.4 Å². The predicted molar refractivity (Wildman–Crippen MR) is 183 cm³/mol. The van der Waals surface area contributed by atoms with Crippen molar-refractivity contribution in [3.8, 4) is 33.6 Å². The van der Waals surface area contributed by atoms with E-state index in [1.165, 1.54) is 0 Å². The zero-order chi connectivity index (χ0) is 33.9. The third-order valence-electron chi connectivity index (χ3n) is 8.85. The van der Waals surface area contributed by atoms with E-state index in [0.717, 1.165) is 56.2 Å². The fourth-order valence-corrected chi connectivity index (χ4v) is 7.21. The van der Waals surface area contributed by atoms with Gasteiger partial charge in [-0.25, -0.2) is 0 Å². The number of pyridine rings is 2. The molecule has 2 unspecified atom stereocenters. The van der Waals surface area contributed by atoms with E-state index in [1.807, 2.05) is 70.5 Å². The lowest BCUT2D eigenvalue weighted by atomic mass is 9.97. The molecule has 2 atom stereocenters. The van der Waals surface area contributed by atoms with Gasteiger partial charge < -0.3 is 20.4 Å². The van der Waals surface area contributed by atoms with Crippen LogP contribution in [0.3, 0.4) is 0 Å². The lowest BCUT2D eigenvalue weighted by molar-refractivity contribution is -0.140. The van der Waals surface area contributed by atoms with Gasteiger partial charge in [0.1, 0.15) is 0 Å². The molecule has 2 aliphatic rings. The molecule has 0 fully saturated rings. The van der Waals surface area contributed by atoms with Gasteiger partial charge in [-0.3, -0.25) is 29.4 Å². The van der Waals surface area contributed by atoms with Crippen LogP contribution in [0.5, 0.6) is 0 Å². The van der Waals surface area contributed by atoms with Crippen LogP contribution in [0.25, 0.3) is 33.6 Å². The van der Waals surface area contributed by atoms with Crippen molar-refractivity contribution in [2.75, 3.05) is 26.2 Å². The minimum Gasteiger partial charge on any atom is -0.481 e. The van der Waals surface area contributed by atoms with Crippen LogP contribution in [0, 0.1) is 0 Å². The van der Waals surface area contributed by atoms with Gasteiger partial charge in [-0.1, -0.05) is 71.7 Å². The standard InChI is InChI=1S/C36H36Cl2N4O6/c37-35-25(3-1-5-27(35)31-9-7-21-17-41(13-11-29(21)39-31)19-23(43)15-33(45)46)26-4-2-6-28(36(26)38)32-10-8-22-18-42(14-12-30(22)40-32)20-24(44)16-34(47)48/h1-10,23-24,43-44H,11-20H2,(H,45,46)(H,47,48). The molecule has 2 aliphatic heterocycles. The SMILES string of the molecule is O=C(O)CC(O)CN1CCc2nc(-c3cccc(-c4cccc(-c5ccc6c(n5)CCN(CC(O)CC(=O)O)C6)c4Cl)c3Cl)ccc2C1. The van der Waals surface area contributed by atoms with Crippen LogP contribution in [0.4, 0.5) is 0 Å². The van der Waals surface area contributed by atoms with Crippen molar-refractivity contribution < 1.29 is 30.0 Å². The van der Waals surface area contributed by atoms with E-state index in [-0.39, 0.29) is 12.8 Å². The number of β-amino-alcohol motifs (C(OH)–C–C–N with tert-alkyl or cyclic N) is 2. The van der Waals surface area contributed by atoms with E-state index in [2.05, 4.69) is 0 Å². The van der Waals surface area contributed by atoms with Crippen LogP contribution in [0.2, 0.25) is 10.0 Å². The first-order chi connectivity index (χ1) is 23.0. The number of nitrogens with zero attached hydrogens (tertiary/aromatic N) is 4. The normalized spacial score (nSPS) is 16.2. The van der Waals surface area contributed by atoms with Crippen LogP contribution in [-0.4, -0.2) is 90.5 Å². The number of benzene rings is 2. The minimum absolute atomic E-state index is 0.281. The van der Waals surface area contributed by atoms with Crippen molar-refractivity contribution in [2.45, 2.75) is 51.0 Å². The number of carboxylic acids is 2. The Bertz CT molecular complexity index is 1720. The first-order valence-electron chi connectivity index (χ1n) is 15.9. The number of hydrogen-bond acceptors (Lipinski definition) is 8. The van der Waals surface area contributed by atoms with Crippen molar-refractivity contribution in [3.05, 3.63) is 93.2 Å². The Morgan fingerprint density at radius 2 is 1.04 bits per heavy atom. The molecule has 10 nitrogen and oxygen atoms in total. The molecule has 48 heavy (non-hydrogen) atoms. The maximum Gasteiger partial charge on any atom is 0.306 e. The second-order valence-corrected chi connectivity index (χ2v) is 13.2. The summed E-state index contributed by atoms with van der Waals surface area (Å²) in [6.45, 7) is 3.09. The van der Waals surface area contributed by atoms with Gasteiger partial charge in [0.2, 0.25) is 0 Å². The fraction of sp³-hybridized carbons (Fsp3) is 0.333. The summed E-state index contributed by atoms with van der Waals surface area (Å²) in [4.78, 5) is 35.9. The number of aliphatic hydroxyl groups excluding tert-OH is 2. The van der Waals surface area contributed by atoms with Gasteiger partial charge in [0.05, 0.1) is 46.5 Å². The van der Waals surface area contributed by atoms with E-state index < -0.39 is 24.1 Å². The van der Waals surface area contributed by atoms with E-state index in [1.54, 1.807) is 0 Å². The predicted octanol–water partition coefficient (Wildman–Crippen LogP) is 5.17. The number of aliphatic carboxylic acids is 2.